The Morgan fingerprint density at radius 3 is 2.89 bits per heavy atom. The lowest BCUT2D eigenvalue weighted by Gasteiger charge is -1.96. The maximum atomic E-state index is 5.74. The van der Waals surface area contributed by atoms with Gasteiger partial charge >= 0.3 is 0 Å². The summed E-state index contributed by atoms with van der Waals surface area (Å²) in [6, 6.07) is 7.69. The van der Waals surface area contributed by atoms with Crippen LogP contribution in [0.1, 0.15) is 5.69 Å². The molecular weight excluding hydrogens is 246 g/mol. The molecule has 5 nitrogen and oxygen atoms in total. The smallest absolute Gasteiger partial charge is 0.172 e. The third kappa shape index (κ3) is 1.95. The van der Waals surface area contributed by atoms with Crippen LogP contribution >= 0.6 is 11.8 Å². The molecule has 0 spiro atoms. The van der Waals surface area contributed by atoms with Crippen molar-refractivity contribution in [2.75, 3.05) is 5.73 Å². The van der Waals surface area contributed by atoms with Crippen molar-refractivity contribution in [3.05, 3.63) is 30.0 Å². The summed E-state index contributed by atoms with van der Waals surface area (Å²) >= 11 is 1.56. The van der Waals surface area contributed by atoms with Gasteiger partial charge in [0.05, 0.1) is 16.7 Å². The van der Waals surface area contributed by atoms with Crippen LogP contribution in [-0.4, -0.2) is 19.7 Å². The molecule has 0 amide bonds. The number of imidazole rings is 1. The van der Waals surface area contributed by atoms with Crippen LogP contribution in [0.2, 0.25) is 0 Å². The summed E-state index contributed by atoms with van der Waals surface area (Å²) < 4.78 is 1.85. The van der Waals surface area contributed by atoms with Crippen LogP contribution in [-0.2, 0) is 7.05 Å². The van der Waals surface area contributed by atoms with Gasteiger partial charge in [-0.1, -0.05) is 0 Å². The molecule has 0 atom stereocenters. The largest absolute Gasteiger partial charge is 0.399 e. The summed E-state index contributed by atoms with van der Waals surface area (Å²) in [5, 5.41) is 6.21. The molecule has 0 fully saturated rings. The van der Waals surface area contributed by atoms with Gasteiger partial charge < -0.3 is 10.7 Å². The Morgan fingerprint density at radius 2 is 2.17 bits per heavy atom. The first-order valence-corrected chi connectivity index (χ1v) is 6.37. The molecule has 0 unspecified atom stereocenters. The van der Waals surface area contributed by atoms with Gasteiger partial charge in [-0.05, 0) is 43.0 Å². The maximum Gasteiger partial charge on any atom is 0.172 e. The van der Waals surface area contributed by atoms with Crippen molar-refractivity contribution in [1.82, 2.24) is 19.7 Å². The molecule has 6 heteroatoms. The molecule has 3 N–H and O–H groups in total. The van der Waals surface area contributed by atoms with E-state index in [4.69, 9.17) is 5.73 Å². The fraction of sp³-hybridized carbons (Fsp3) is 0.167. The topological polar surface area (TPSA) is 72.5 Å². The van der Waals surface area contributed by atoms with Crippen molar-refractivity contribution < 1.29 is 0 Å². The number of nitrogens with two attached hydrogens (primary N) is 1. The summed E-state index contributed by atoms with van der Waals surface area (Å²) in [5.41, 5.74) is 9.36. The monoisotopic (exact) mass is 259 g/mol. The zero-order valence-corrected chi connectivity index (χ0v) is 11.0. The average molecular weight is 259 g/mol. The van der Waals surface area contributed by atoms with Crippen LogP contribution in [0.25, 0.3) is 11.0 Å². The van der Waals surface area contributed by atoms with E-state index in [-0.39, 0.29) is 0 Å². The molecule has 0 saturated carbocycles. The molecule has 0 bridgehead atoms. The van der Waals surface area contributed by atoms with Crippen molar-refractivity contribution >= 4 is 28.5 Å². The Hall–Kier alpha value is -1.95. The number of aromatic amines is 1. The van der Waals surface area contributed by atoms with E-state index in [0.717, 1.165) is 32.6 Å². The fourth-order valence-electron chi connectivity index (χ4n) is 1.83. The third-order valence-corrected chi connectivity index (χ3v) is 3.62. The van der Waals surface area contributed by atoms with Gasteiger partial charge in [0.1, 0.15) is 5.03 Å². The number of rotatable bonds is 2. The van der Waals surface area contributed by atoms with E-state index in [2.05, 4.69) is 15.1 Å². The molecule has 0 aliphatic heterocycles. The molecule has 3 aromatic rings. The fourth-order valence-corrected chi connectivity index (χ4v) is 2.74. The number of aryl methyl sites for hydroxylation is 2. The molecular formula is C12H13N5S. The highest BCUT2D eigenvalue weighted by Crippen LogP contribution is 2.27. The van der Waals surface area contributed by atoms with Crippen LogP contribution in [0.15, 0.2) is 34.4 Å². The van der Waals surface area contributed by atoms with Crippen molar-refractivity contribution in [3.63, 3.8) is 0 Å². The first-order chi connectivity index (χ1) is 8.61. The van der Waals surface area contributed by atoms with Crippen molar-refractivity contribution in [2.45, 2.75) is 17.1 Å². The van der Waals surface area contributed by atoms with Gasteiger partial charge in [-0.3, -0.25) is 4.68 Å². The Labute approximate surface area is 108 Å². The number of hydrogen-bond acceptors (Lipinski definition) is 4. The molecule has 2 heterocycles. The summed E-state index contributed by atoms with van der Waals surface area (Å²) in [6.07, 6.45) is 0. The molecule has 3 rings (SSSR count). The number of aromatic nitrogens is 4. The SMILES string of the molecule is Cc1cc(Sc2nc3ccc(N)cc3[nH]2)n(C)n1. The number of anilines is 1. The molecule has 1 aromatic carbocycles. The lowest BCUT2D eigenvalue weighted by molar-refractivity contribution is 0.691. The van der Waals surface area contributed by atoms with Crippen LogP contribution in [0.4, 0.5) is 5.69 Å². The highest BCUT2D eigenvalue weighted by atomic mass is 32.2. The minimum atomic E-state index is 0.735. The Balaban J connectivity index is 1.97. The van der Waals surface area contributed by atoms with E-state index in [9.17, 15) is 0 Å². The minimum absolute atomic E-state index is 0.735. The van der Waals surface area contributed by atoms with E-state index >= 15 is 0 Å². The van der Waals surface area contributed by atoms with Gasteiger partial charge in [0.2, 0.25) is 0 Å². The highest BCUT2D eigenvalue weighted by Gasteiger charge is 2.08. The molecule has 18 heavy (non-hydrogen) atoms. The van der Waals surface area contributed by atoms with Gasteiger partial charge in [0.15, 0.2) is 5.16 Å². The van der Waals surface area contributed by atoms with Gasteiger partial charge in [0.25, 0.3) is 0 Å². The first-order valence-electron chi connectivity index (χ1n) is 5.55. The second kappa shape index (κ2) is 4.06. The Morgan fingerprint density at radius 1 is 1.33 bits per heavy atom. The Kier molecular flexibility index (Phi) is 2.52. The zero-order valence-electron chi connectivity index (χ0n) is 10.1. The number of nitrogens with zero attached hydrogens (tertiary/aromatic N) is 3. The van der Waals surface area contributed by atoms with Crippen LogP contribution in [0.5, 0.6) is 0 Å². The lowest BCUT2D eigenvalue weighted by Crippen LogP contribution is -1.92. The number of nitrogens with one attached hydrogen (secondary N) is 1. The van der Waals surface area contributed by atoms with Gasteiger partial charge in [0, 0.05) is 12.7 Å². The van der Waals surface area contributed by atoms with E-state index in [1.165, 1.54) is 0 Å². The molecule has 0 saturated heterocycles. The molecule has 2 aromatic heterocycles. The summed E-state index contributed by atoms with van der Waals surface area (Å²) in [5.74, 6) is 0. The molecule has 0 aliphatic carbocycles. The quantitative estimate of drug-likeness (QED) is 0.693. The van der Waals surface area contributed by atoms with Crippen molar-refractivity contribution in [2.24, 2.45) is 7.05 Å². The number of fused-ring (bicyclic) bond motifs is 1. The molecule has 0 aliphatic rings. The summed E-state index contributed by atoms with van der Waals surface area (Å²) in [7, 11) is 1.93. The summed E-state index contributed by atoms with van der Waals surface area (Å²) in [4.78, 5) is 7.76. The number of nitrogen functional groups attached to an aromatic ring is 1. The highest BCUT2D eigenvalue weighted by molar-refractivity contribution is 7.99. The second-order valence-corrected chi connectivity index (χ2v) is 5.18. The number of hydrogen-bond donors (Lipinski definition) is 2. The van der Waals surface area contributed by atoms with E-state index in [1.54, 1.807) is 11.8 Å². The van der Waals surface area contributed by atoms with Gasteiger partial charge in [-0.2, -0.15) is 5.10 Å². The zero-order chi connectivity index (χ0) is 12.7. The second-order valence-electron chi connectivity index (χ2n) is 4.17. The molecule has 92 valence electrons. The average Bonchev–Trinajstić information content (AvgIpc) is 2.82. The van der Waals surface area contributed by atoms with E-state index < -0.39 is 0 Å². The predicted molar refractivity (Wildman–Crippen MR) is 72.6 cm³/mol. The van der Waals surface area contributed by atoms with E-state index in [0.29, 0.717) is 0 Å². The summed E-state index contributed by atoms with van der Waals surface area (Å²) in [6.45, 7) is 1.98. The van der Waals surface area contributed by atoms with Crippen molar-refractivity contribution in [1.29, 1.82) is 0 Å². The minimum Gasteiger partial charge on any atom is -0.399 e. The van der Waals surface area contributed by atoms with Crippen LogP contribution < -0.4 is 5.73 Å². The maximum absolute atomic E-state index is 5.74. The van der Waals surface area contributed by atoms with Gasteiger partial charge in [-0.25, -0.2) is 4.98 Å². The van der Waals surface area contributed by atoms with Gasteiger partial charge in [-0.15, -0.1) is 0 Å². The standard InChI is InChI=1S/C12H13N5S/c1-7-5-11(17(2)16-7)18-12-14-9-4-3-8(13)6-10(9)15-12/h3-6H,13H2,1-2H3,(H,14,15). The number of H-pyrrole nitrogens is 1. The van der Waals surface area contributed by atoms with Crippen molar-refractivity contribution in [3.8, 4) is 0 Å². The van der Waals surface area contributed by atoms with Crippen LogP contribution in [0.3, 0.4) is 0 Å². The van der Waals surface area contributed by atoms with Crippen LogP contribution in [0, 0.1) is 6.92 Å². The normalized spacial score (nSPS) is 11.2. The Bertz CT molecular complexity index is 712. The van der Waals surface area contributed by atoms with E-state index in [1.807, 2.05) is 42.9 Å². The number of benzene rings is 1. The predicted octanol–water partition coefficient (Wildman–Crippen LogP) is 2.34. The molecule has 0 radical (unpaired) electrons. The first kappa shape index (κ1) is 11.2. The third-order valence-electron chi connectivity index (χ3n) is 2.64. The lowest BCUT2D eigenvalue weighted by atomic mass is 10.3.